The van der Waals surface area contributed by atoms with Gasteiger partial charge in [0, 0.05) is 20.2 Å². The topological polar surface area (TPSA) is 75.7 Å². The van der Waals surface area contributed by atoms with Crippen molar-refractivity contribution >= 4 is 22.1 Å². The standard InChI is InChI=1S/C15H20N2O4S/c1-21-14-7-10-17(11-8-14)15(18)16-22(19,20)12-9-13-5-3-2-4-6-13/h2-6,9,12,14H,7-8,10-11H2,1H3,(H,16,18). The van der Waals surface area contributed by atoms with Gasteiger partial charge in [0.25, 0.3) is 10.0 Å². The molecule has 0 atom stereocenters. The lowest BCUT2D eigenvalue weighted by atomic mass is 10.1. The molecule has 1 saturated heterocycles. The summed E-state index contributed by atoms with van der Waals surface area (Å²) in [6.45, 7) is 0.977. The highest BCUT2D eigenvalue weighted by molar-refractivity contribution is 7.93. The van der Waals surface area contributed by atoms with Crippen LogP contribution < -0.4 is 4.72 Å². The van der Waals surface area contributed by atoms with E-state index >= 15 is 0 Å². The minimum Gasteiger partial charge on any atom is -0.381 e. The molecule has 7 heteroatoms. The van der Waals surface area contributed by atoms with Gasteiger partial charge in [0.05, 0.1) is 11.5 Å². The van der Waals surface area contributed by atoms with E-state index < -0.39 is 16.1 Å². The van der Waals surface area contributed by atoms with E-state index in [1.165, 1.54) is 11.0 Å². The van der Waals surface area contributed by atoms with Crippen LogP contribution in [0.15, 0.2) is 35.7 Å². The Morgan fingerprint density at radius 3 is 2.50 bits per heavy atom. The van der Waals surface area contributed by atoms with Crippen molar-refractivity contribution in [3.63, 3.8) is 0 Å². The van der Waals surface area contributed by atoms with Gasteiger partial charge in [-0.15, -0.1) is 0 Å². The van der Waals surface area contributed by atoms with Gasteiger partial charge in [0.1, 0.15) is 0 Å². The number of benzene rings is 1. The van der Waals surface area contributed by atoms with Crippen LogP contribution in [0.2, 0.25) is 0 Å². The summed E-state index contributed by atoms with van der Waals surface area (Å²) < 4.78 is 31.1. The Balaban J connectivity index is 1.91. The first-order valence-electron chi connectivity index (χ1n) is 7.08. The highest BCUT2D eigenvalue weighted by Crippen LogP contribution is 2.13. The Morgan fingerprint density at radius 1 is 1.27 bits per heavy atom. The van der Waals surface area contributed by atoms with Gasteiger partial charge in [-0.25, -0.2) is 17.9 Å². The predicted molar refractivity (Wildman–Crippen MR) is 84.5 cm³/mol. The minimum absolute atomic E-state index is 0.138. The van der Waals surface area contributed by atoms with Gasteiger partial charge in [-0.05, 0) is 24.5 Å². The van der Waals surface area contributed by atoms with Crippen LogP contribution in [0.1, 0.15) is 18.4 Å². The van der Waals surface area contributed by atoms with Crippen molar-refractivity contribution in [2.24, 2.45) is 0 Å². The van der Waals surface area contributed by atoms with Crippen LogP contribution in [0.4, 0.5) is 4.79 Å². The lowest BCUT2D eigenvalue weighted by molar-refractivity contribution is 0.0511. The molecule has 1 fully saturated rings. The molecule has 1 aliphatic heterocycles. The van der Waals surface area contributed by atoms with Crippen LogP contribution in [-0.2, 0) is 14.8 Å². The second-order valence-corrected chi connectivity index (χ2v) is 6.65. The molecule has 0 aliphatic carbocycles. The van der Waals surface area contributed by atoms with Gasteiger partial charge >= 0.3 is 6.03 Å². The molecule has 1 N–H and O–H groups in total. The molecule has 1 aliphatic rings. The zero-order valence-electron chi connectivity index (χ0n) is 12.4. The first-order valence-corrected chi connectivity index (χ1v) is 8.62. The minimum atomic E-state index is -3.80. The van der Waals surface area contributed by atoms with Gasteiger partial charge in [-0.2, -0.15) is 0 Å². The van der Waals surface area contributed by atoms with E-state index in [9.17, 15) is 13.2 Å². The fourth-order valence-corrected chi connectivity index (χ4v) is 3.02. The van der Waals surface area contributed by atoms with Crippen LogP contribution in [0.3, 0.4) is 0 Å². The summed E-state index contributed by atoms with van der Waals surface area (Å²) in [6, 6.07) is 8.44. The van der Waals surface area contributed by atoms with E-state index in [0.29, 0.717) is 25.9 Å². The molecule has 0 spiro atoms. The highest BCUT2D eigenvalue weighted by atomic mass is 32.2. The number of hydrogen-bond donors (Lipinski definition) is 1. The van der Waals surface area contributed by atoms with Gasteiger partial charge in [0.2, 0.25) is 0 Å². The molecule has 22 heavy (non-hydrogen) atoms. The lowest BCUT2D eigenvalue weighted by Crippen LogP contribution is -2.47. The molecule has 2 amide bonds. The fraction of sp³-hybridized carbons (Fsp3) is 0.400. The molecule has 1 heterocycles. The average molecular weight is 324 g/mol. The quantitative estimate of drug-likeness (QED) is 0.916. The van der Waals surface area contributed by atoms with Gasteiger partial charge in [0.15, 0.2) is 0 Å². The van der Waals surface area contributed by atoms with Crippen molar-refractivity contribution < 1.29 is 17.9 Å². The molecular weight excluding hydrogens is 304 g/mol. The summed E-state index contributed by atoms with van der Waals surface area (Å²) >= 11 is 0. The van der Waals surface area contributed by atoms with Crippen molar-refractivity contribution in [3.05, 3.63) is 41.3 Å². The van der Waals surface area contributed by atoms with Crippen LogP contribution in [0.5, 0.6) is 0 Å². The molecule has 0 unspecified atom stereocenters. The maximum absolute atomic E-state index is 12.0. The van der Waals surface area contributed by atoms with Gasteiger partial charge in [-0.1, -0.05) is 30.3 Å². The maximum atomic E-state index is 12.0. The number of carbonyl (C=O) groups excluding carboxylic acids is 1. The molecule has 0 radical (unpaired) electrons. The third kappa shape index (κ3) is 4.85. The number of likely N-dealkylation sites (tertiary alicyclic amines) is 1. The smallest absolute Gasteiger partial charge is 0.331 e. The largest absolute Gasteiger partial charge is 0.381 e. The van der Waals surface area contributed by atoms with E-state index in [1.54, 1.807) is 19.2 Å². The van der Waals surface area contributed by atoms with Crippen molar-refractivity contribution in [3.8, 4) is 0 Å². The van der Waals surface area contributed by atoms with Crippen LogP contribution >= 0.6 is 0 Å². The molecule has 2 rings (SSSR count). The number of ether oxygens (including phenoxy) is 1. The lowest BCUT2D eigenvalue weighted by Gasteiger charge is -2.30. The molecule has 6 nitrogen and oxygen atoms in total. The zero-order chi connectivity index (χ0) is 16.0. The van der Waals surface area contributed by atoms with Crippen LogP contribution in [0, 0.1) is 0 Å². The summed E-state index contributed by atoms with van der Waals surface area (Å²) in [5, 5.41) is 1.00. The number of urea groups is 1. The van der Waals surface area contributed by atoms with Crippen molar-refractivity contribution in [2.45, 2.75) is 18.9 Å². The number of methoxy groups -OCH3 is 1. The molecule has 1 aromatic carbocycles. The number of carbonyl (C=O) groups is 1. The second-order valence-electron chi connectivity index (χ2n) is 5.09. The number of hydrogen-bond acceptors (Lipinski definition) is 4. The van der Waals surface area contributed by atoms with E-state index in [0.717, 1.165) is 11.0 Å². The summed E-state index contributed by atoms with van der Waals surface area (Å²) in [6.07, 6.45) is 3.01. The first kappa shape index (κ1) is 16.5. The number of amides is 2. The van der Waals surface area contributed by atoms with Crippen molar-refractivity contribution in [1.29, 1.82) is 0 Å². The Morgan fingerprint density at radius 2 is 1.91 bits per heavy atom. The van der Waals surface area contributed by atoms with Crippen LogP contribution in [0.25, 0.3) is 6.08 Å². The second kappa shape index (κ2) is 7.42. The third-order valence-electron chi connectivity index (χ3n) is 3.53. The van der Waals surface area contributed by atoms with E-state index in [-0.39, 0.29) is 6.10 Å². The predicted octanol–water partition coefficient (Wildman–Crippen LogP) is 1.81. The van der Waals surface area contributed by atoms with Crippen molar-refractivity contribution in [1.82, 2.24) is 9.62 Å². The van der Waals surface area contributed by atoms with E-state index in [1.807, 2.05) is 18.2 Å². The molecule has 0 bridgehead atoms. The normalized spacial score (nSPS) is 16.9. The summed E-state index contributed by atoms with van der Waals surface area (Å²) in [4.78, 5) is 13.5. The summed E-state index contributed by atoms with van der Waals surface area (Å²) in [5.74, 6) is 0. The summed E-state index contributed by atoms with van der Waals surface area (Å²) in [7, 11) is -2.16. The Hall–Kier alpha value is -1.86. The fourth-order valence-electron chi connectivity index (χ4n) is 2.25. The van der Waals surface area contributed by atoms with Gasteiger partial charge in [-0.3, -0.25) is 0 Å². The van der Waals surface area contributed by atoms with E-state index in [4.69, 9.17) is 4.74 Å². The number of sulfonamides is 1. The van der Waals surface area contributed by atoms with Gasteiger partial charge < -0.3 is 9.64 Å². The highest BCUT2D eigenvalue weighted by Gasteiger charge is 2.24. The summed E-state index contributed by atoms with van der Waals surface area (Å²) in [5.41, 5.74) is 0.751. The molecular formula is C15H20N2O4S. The molecule has 0 saturated carbocycles. The molecule has 1 aromatic rings. The van der Waals surface area contributed by atoms with E-state index in [2.05, 4.69) is 4.72 Å². The SMILES string of the molecule is COC1CCN(C(=O)NS(=O)(=O)C=Cc2ccccc2)CC1. The number of nitrogens with zero attached hydrogens (tertiary/aromatic N) is 1. The Labute approximate surface area is 130 Å². The molecule has 0 aromatic heterocycles. The first-order chi connectivity index (χ1) is 10.5. The number of rotatable bonds is 4. The monoisotopic (exact) mass is 324 g/mol. The average Bonchev–Trinajstić information content (AvgIpc) is 2.54. The molecule has 120 valence electrons. The number of piperidine rings is 1. The Kier molecular flexibility index (Phi) is 5.57. The zero-order valence-corrected chi connectivity index (χ0v) is 13.3. The van der Waals surface area contributed by atoms with Crippen molar-refractivity contribution in [2.75, 3.05) is 20.2 Å². The maximum Gasteiger partial charge on any atom is 0.331 e. The third-order valence-corrected chi connectivity index (χ3v) is 4.48. The Bertz CT molecular complexity index is 620. The number of nitrogens with one attached hydrogen (secondary N) is 1. The van der Waals surface area contributed by atoms with Crippen LogP contribution in [-0.4, -0.2) is 45.7 Å².